The van der Waals surface area contributed by atoms with Crippen molar-refractivity contribution in [2.24, 2.45) is 5.92 Å². The zero-order valence-corrected chi connectivity index (χ0v) is 14.5. The van der Waals surface area contributed by atoms with E-state index in [0.29, 0.717) is 5.92 Å². The number of piperidine rings is 2. The molecule has 4 heteroatoms. The molecule has 2 aliphatic heterocycles. The molecular formula is C18H28N2OS. The van der Waals surface area contributed by atoms with E-state index in [0.717, 1.165) is 30.4 Å². The van der Waals surface area contributed by atoms with Crippen molar-refractivity contribution in [1.29, 1.82) is 0 Å². The Labute approximate surface area is 138 Å². The maximum absolute atomic E-state index is 12.8. The minimum absolute atomic E-state index is 0.241. The Balaban J connectivity index is 1.68. The quantitative estimate of drug-likeness (QED) is 0.822. The topological polar surface area (TPSA) is 23.6 Å². The van der Waals surface area contributed by atoms with Crippen LogP contribution in [0.15, 0.2) is 17.5 Å². The summed E-state index contributed by atoms with van der Waals surface area (Å²) in [5, 5.41) is 2.00. The van der Waals surface area contributed by atoms with Gasteiger partial charge in [-0.2, -0.15) is 0 Å². The molecule has 1 aromatic rings. The molecule has 0 bridgehead atoms. The number of thiophene rings is 1. The van der Waals surface area contributed by atoms with Crippen LogP contribution < -0.4 is 0 Å². The number of carbonyl (C=O) groups is 1. The van der Waals surface area contributed by atoms with Crippen molar-refractivity contribution >= 4 is 17.2 Å². The van der Waals surface area contributed by atoms with E-state index in [1.165, 1.54) is 45.2 Å². The van der Waals surface area contributed by atoms with Gasteiger partial charge in [-0.1, -0.05) is 19.4 Å². The van der Waals surface area contributed by atoms with Crippen LogP contribution in [0.4, 0.5) is 0 Å². The van der Waals surface area contributed by atoms with Gasteiger partial charge < -0.3 is 9.80 Å². The molecule has 0 aromatic carbocycles. The van der Waals surface area contributed by atoms with Crippen molar-refractivity contribution in [2.45, 2.75) is 51.5 Å². The summed E-state index contributed by atoms with van der Waals surface area (Å²) in [6.45, 7) is 6.55. The van der Waals surface area contributed by atoms with Crippen molar-refractivity contribution in [2.75, 3.05) is 26.2 Å². The number of hydrogen-bond acceptors (Lipinski definition) is 3. The van der Waals surface area contributed by atoms with Crippen LogP contribution in [0.2, 0.25) is 0 Å². The Morgan fingerprint density at radius 3 is 2.95 bits per heavy atom. The van der Waals surface area contributed by atoms with Gasteiger partial charge in [0.1, 0.15) is 0 Å². The van der Waals surface area contributed by atoms with Gasteiger partial charge in [-0.15, -0.1) is 11.3 Å². The summed E-state index contributed by atoms with van der Waals surface area (Å²) >= 11 is 1.57. The molecule has 3 nitrogen and oxygen atoms in total. The number of hydrogen-bond donors (Lipinski definition) is 0. The van der Waals surface area contributed by atoms with E-state index in [-0.39, 0.29) is 5.91 Å². The van der Waals surface area contributed by atoms with Crippen molar-refractivity contribution in [3.63, 3.8) is 0 Å². The summed E-state index contributed by atoms with van der Waals surface area (Å²) in [6, 6.07) is 4.66. The molecule has 1 amide bonds. The number of fused-ring (bicyclic) bond motifs is 1. The van der Waals surface area contributed by atoms with Gasteiger partial charge in [0.05, 0.1) is 4.88 Å². The first-order valence-electron chi connectivity index (χ1n) is 8.86. The highest BCUT2D eigenvalue weighted by Crippen LogP contribution is 2.31. The maximum Gasteiger partial charge on any atom is 0.263 e. The van der Waals surface area contributed by atoms with Crippen LogP contribution in [-0.2, 0) is 0 Å². The predicted molar refractivity (Wildman–Crippen MR) is 92.4 cm³/mol. The number of amides is 1. The average Bonchev–Trinajstić information content (AvgIpc) is 3.08. The van der Waals surface area contributed by atoms with Gasteiger partial charge in [-0.25, -0.2) is 0 Å². The number of carbonyl (C=O) groups excluding carboxylic acids is 1. The molecule has 1 aromatic heterocycles. The Hall–Kier alpha value is -0.870. The number of rotatable bonds is 5. The van der Waals surface area contributed by atoms with E-state index in [2.05, 4.69) is 16.7 Å². The summed E-state index contributed by atoms with van der Waals surface area (Å²) in [4.78, 5) is 18.5. The third kappa shape index (κ3) is 3.54. The molecule has 22 heavy (non-hydrogen) atoms. The second-order valence-corrected chi connectivity index (χ2v) is 7.68. The first kappa shape index (κ1) is 16.0. The molecule has 0 N–H and O–H groups in total. The normalized spacial score (nSPS) is 25.7. The summed E-state index contributed by atoms with van der Waals surface area (Å²) in [7, 11) is 0. The van der Waals surface area contributed by atoms with Gasteiger partial charge in [0.25, 0.3) is 5.91 Å². The van der Waals surface area contributed by atoms with Gasteiger partial charge in [0.2, 0.25) is 0 Å². The summed E-state index contributed by atoms with van der Waals surface area (Å²) < 4.78 is 0. The minimum Gasteiger partial charge on any atom is -0.338 e. The Kier molecular flexibility index (Phi) is 5.53. The lowest BCUT2D eigenvalue weighted by Crippen LogP contribution is -2.51. The standard InChI is InChI=1S/C18H28N2OS/c1-2-10-20(18(21)17-9-6-13-22-17)14-15-7-5-12-19-11-4-3-8-16(15)19/h6,9,13,15-16H,2-5,7-8,10-12,14H2,1H3/t15-,16+/m1/s1. The smallest absolute Gasteiger partial charge is 0.263 e. The highest BCUT2D eigenvalue weighted by Gasteiger charge is 2.34. The summed E-state index contributed by atoms with van der Waals surface area (Å²) in [5.41, 5.74) is 0. The Bertz CT molecular complexity index is 471. The minimum atomic E-state index is 0.241. The van der Waals surface area contributed by atoms with Crippen molar-refractivity contribution in [3.05, 3.63) is 22.4 Å². The van der Waals surface area contributed by atoms with Gasteiger partial charge in [-0.3, -0.25) is 4.79 Å². The molecule has 0 radical (unpaired) electrons. The lowest BCUT2D eigenvalue weighted by Gasteiger charge is -2.45. The fraction of sp³-hybridized carbons (Fsp3) is 0.722. The second kappa shape index (κ2) is 7.60. The molecular weight excluding hydrogens is 292 g/mol. The largest absolute Gasteiger partial charge is 0.338 e. The van der Waals surface area contributed by atoms with Crippen molar-refractivity contribution in [3.8, 4) is 0 Å². The zero-order chi connectivity index (χ0) is 15.4. The van der Waals surface area contributed by atoms with Crippen LogP contribution >= 0.6 is 11.3 Å². The number of nitrogens with zero attached hydrogens (tertiary/aromatic N) is 2. The van der Waals surface area contributed by atoms with Gasteiger partial charge >= 0.3 is 0 Å². The highest BCUT2D eigenvalue weighted by molar-refractivity contribution is 7.12. The third-order valence-electron chi connectivity index (χ3n) is 5.20. The molecule has 2 aliphatic rings. The van der Waals surface area contributed by atoms with E-state index in [4.69, 9.17) is 0 Å². The molecule has 0 unspecified atom stereocenters. The highest BCUT2D eigenvalue weighted by atomic mass is 32.1. The van der Waals surface area contributed by atoms with Crippen LogP contribution in [0.5, 0.6) is 0 Å². The maximum atomic E-state index is 12.8. The van der Waals surface area contributed by atoms with E-state index in [9.17, 15) is 4.79 Å². The molecule has 2 fully saturated rings. The first-order valence-corrected chi connectivity index (χ1v) is 9.74. The fourth-order valence-corrected chi connectivity index (χ4v) is 4.87. The second-order valence-electron chi connectivity index (χ2n) is 6.73. The molecule has 3 rings (SSSR count). The lowest BCUT2D eigenvalue weighted by atomic mass is 9.83. The molecule has 0 spiro atoms. The van der Waals surface area contributed by atoms with Crippen LogP contribution in [0.25, 0.3) is 0 Å². The lowest BCUT2D eigenvalue weighted by molar-refractivity contribution is 0.0363. The first-order chi connectivity index (χ1) is 10.8. The van der Waals surface area contributed by atoms with Crippen LogP contribution in [0.3, 0.4) is 0 Å². The van der Waals surface area contributed by atoms with E-state index >= 15 is 0 Å². The van der Waals surface area contributed by atoms with E-state index in [1.807, 2.05) is 17.5 Å². The fourth-order valence-electron chi connectivity index (χ4n) is 4.17. The molecule has 2 atom stereocenters. The predicted octanol–water partition coefficient (Wildman–Crippen LogP) is 3.86. The summed E-state index contributed by atoms with van der Waals surface area (Å²) in [6.07, 6.45) is 7.68. The van der Waals surface area contributed by atoms with Crippen LogP contribution in [0.1, 0.15) is 55.1 Å². The van der Waals surface area contributed by atoms with Crippen molar-refractivity contribution in [1.82, 2.24) is 9.80 Å². The molecule has 122 valence electrons. The molecule has 2 saturated heterocycles. The monoisotopic (exact) mass is 320 g/mol. The average molecular weight is 321 g/mol. The van der Waals surface area contributed by atoms with Gasteiger partial charge in [0.15, 0.2) is 0 Å². The zero-order valence-electron chi connectivity index (χ0n) is 13.7. The Morgan fingerprint density at radius 2 is 2.18 bits per heavy atom. The summed E-state index contributed by atoms with van der Waals surface area (Å²) in [5.74, 6) is 0.911. The van der Waals surface area contributed by atoms with Gasteiger partial charge in [-0.05, 0) is 62.6 Å². The Morgan fingerprint density at radius 1 is 1.32 bits per heavy atom. The van der Waals surface area contributed by atoms with Crippen LogP contribution in [0, 0.1) is 5.92 Å². The van der Waals surface area contributed by atoms with E-state index in [1.54, 1.807) is 11.3 Å². The van der Waals surface area contributed by atoms with E-state index < -0.39 is 0 Å². The SMILES string of the molecule is CCCN(C[C@H]1CCCN2CCCC[C@@H]12)C(=O)c1cccs1. The molecule has 0 aliphatic carbocycles. The van der Waals surface area contributed by atoms with Crippen molar-refractivity contribution < 1.29 is 4.79 Å². The molecule has 3 heterocycles. The van der Waals surface area contributed by atoms with Gasteiger partial charge in [0, 0.05) is 19.1 Å². The molecule has 0 saturated carbocycles. The van der Waals surface area contributed by atoms with Crippen LogP contribution in [-0.4, -0.2) is 47.9 Å². The third-order valence-corrected chi connectivity index (χ3v) is 6.05.